The van der Waals surface area contributed by atoms with Gasteiger partial charge < -0.3 is 10.0 Å². The summed E-state index contributed by atoms with van der Waals surface area (Å²) in [5.41, 5.74) is 0. The van der Waals surface area contributed by atoms with Gasteiger partial charge in [-0.15, -0.1) is 0 Å². The predicted octanol–water partition coefficient (Wildman–Crippen LogP) is 6.56. The van der Waals surface area contributed by atoms with Crippen LogP contribution < -0.4 is 0 Å². The lowest BCUT2D eigenvalue weighted by molar-refractivity contribution is 0.147. The van der Waals surface area contributed by atoms with Crippen LogP contribution in [-0.2, 0) is 0 Å². The van der Waals surface area contributed by atoms with Gasteiger partial charge in [-0.2, -0.15) is 0 Å². The van der Waals surface area contributed by atoms with Crippen molar-refractivity contribution in [3.05, 3.63) is 0 Å². The first-order chi connectivity index (χ1) is 11.7. The molecule has 0 bridgehead atoms. The van der Waals surface area contributed by atoms with Gasteiger partial charge >= 0.3 is 0 Å². The van der Waals surface area contributed by atoms with Crippen LogP contribution in [0.25, 0.3) is 0 Å². The van der Waals surface area contributed by atoms with E-state index in [2.05, 4.69) is 25.7 Å². The Balaban J connectivity index is 3.17. The van der Waals surface area contributed by atoms with Crippen molar-refractivity contribution in [2.24, 2.45) is 0 Å². The van der Waals surface area contributed by atoms with Crippen molar-refractivity contribution in [2.45, 2.75) is 123 Å². The van der Waals surface area contributed by atoms with Crippen molar-refractivity contribution in [2.75, 3.05) is 19.6 Å². The van der Waals surface area contributed by atoms with Crippen LogP contribution in [0.15, 0.2) is 0 Å². The highest BCUT2D eigenvalue weighted by Crippen LogP contribution is 2.14. The Bertz CT molecular complexity index is 228. The fourth-order valence-electron chi connectivity index (χ4n) is 3.44. The normalized spacial score (nSPS) is 12.9. The summed E-state index contributed by atoms with van der Waals surface area (Å²) < 4.78 is 0. The van der Waals surface area contributed by atoms with Crippen molar-refractivity contribution >= 4 is 0 Å². The molecule has 0 rings (SSSR count). The summed E-state index contributed by atoms with van der Waals surface area (Å²) in [5.74, 6) is 0. The number of hydrogen-bond acceptors (Lipinski definition) is 2. The minimum absolute atomic E-state index is 0.0346. The molecule has 0 aliphatic heterocycles. The third-order valence-corrected chi connectivity index (χ3v) is 5.30. The van der Waals surface area contributed by atoms with Crippen LogP contribution in [0.2, 0.25) is 0 Å². The minimum Gasteiger partial charge on any atom is -0.393 e. The van der Waals surface area contributed by atoms with Crippen molar-refractivity contribution in [3.63, 3.8) is 0 Å². The average Bonchev–Trinajstić information content (AvgIpc) is 2.60. The van der Waals surface area contributed by atoms with Gasteiger partial charge in [0.2, 0.25) is 0 Å². The Labute approximate surface area is 153 Å². The van der Waals surface area contributed by atoms with Crippen LogP contribution in [0.4, 0.5) is 0 Å². The van der Waals surface area contributed by atoms with Gasteiger partial charge in [-0.25, -0.2) is 0 Å². The van der Waals surface area contributed by atoms with Crippen molar-refractivity contribution in [1.82, 2.24) is 4.90 Å². The zero-order chi connectivity index (χ0) is 17.9. The SMILES string of the molecule is CCCCCCC(O)CCCCCCCCCCCN(CC)CC. The average molecular weight is 342 g/mol. The smallest absolute Gasteiger partial charge is 0.0540 e. The molecule has 1 unspecified atom stereocenters. The molecule has 0 aromatic carbocycles. The zero-order valence-electron chi connectivity index (χ0n) is 17.2. The first kappa shape index (κ1) is 23.9. The number of rotatable bonds is 19. The Morgan fingerprint density at radius 2 is 1.00 bits per heavy atom. The van der Waals surface area contributed by atoms with Crippen LogP contribution in [0.5, 0.6) is 0 Å². The van der Waals surface area contributed by atoms with E-state index < -0.39 is 0 Å². The summed E-state index contributed by atoms with van der Waals surface area (Å²) in [6.07, 6.45) is 19.4. The van der Waals surface area contributed by atoms with E-state index in [0.717, 1.165) is 12.8 Å². The topological polar surface area (TPSA) is 23.5 Å². The zero-order valence-corrected chi connectivity index (χ0v) is 17.2. The maximum Gasteiger partial charge on any atom is 0.0540 e. The maximum absolute atomic E-state index is 9.94. The second-order valence-corrected chi connectivity index (χ2v) is 7.50. The lowest BCUT2D eigenvalue weighted by Crippen LogP contribution is -2.23. The highest BCUT2D eigenvalue weighted by Gasteiger charge is 2.03. The van der Waals surface area contributed by atoms with Crippen molar-refractivity contribution in [1.29, 1.82) is 0 Å². The van der Waals surface area contributed by atoms with Gasteiger partial charge in [0.1, 0.15) is 0 Å². The largest absolute Gasteiger partial charge is 0.393 e. The van der Waals surface area contributed by atoms with Crippen LogP contribution in [0.1, 0.15) is 117 Å². The molecule has 24 heavy (non-hydrogen) atoms. The molecule has 0 fully saturated rings. The number of nitrogens with zero attached hydrogens (tertiary/aromatic N) is 1. The van der Waals surface area contributed by atoms with Gasteiger partial charge in [0.05, 0.1) is 6.10 Å². The van der Waals surface area contributed by atoms with Gasteiger partial charge in [0.25, 0.3) is 0 Å². The standard InChI is InChI=1S/C22H47NO/c1-4-7-8-16-19-22(24)20-17-14-12-10-9-11-13-15-18-21-23(5-2)6-3/h22,24H,4-21H2,1-3H3. The van der Waals surface area contributed by atoms with E-state index in [4.69, 9.17) is 0 Å². The van der Waals surface area contributed by atoms with E-state index in [0.29, 0.717) is 0 Å². The Morgan fingerprint density at radius 3 is 1.46 bits per heavy atom. The lowest BCUT2D eigenvalue weighted by Gasteiger charge is -2.17. The van der Waals surface area contributed by atoms with E-state index >= 15 is 0 Å². The number of aliphatic hydroxyl groups excluding tert-OH is 1. The monoisotopic (exact) mass is 341 g/mol. The third kappa shape index (κ3) is 16.8. The van der Waals surface area contributed by atoms with E-state index in [1.807, 2.05) is 0 Å². The number of aliphatic hydroxyl groups is 1. The molecule has 0 aromatic rings. The molecule has 146 valence electrons. The molecule has 1 atom stereocenters. The summed E-state index contributed by atoms with van der Waals surface area (Å²) >= 11 is 0. The van der Waals surface area contributed by atoms with Gasteiger partial charge in [-0.05, 0) is 38.9 Å². The molecule has 0 amide bonds. The summed E-state index contributed by atoms with van der Waals surface area (Å²) in [4.78, 5) is 2.53. The molecule has 1 N–H and O–H groups in total. The van der Waals surface area contributed by atoms with E-state index in [9.17, 15) is 5.11 Å². The molecule has 0 radical (unpaired) electrons. The molecule has 0 aliphatic carbocycles. The lowest BCUT2D eigenvalue weighted by atomic mass is 10.0. The highest BCUT2D eigenvalue weighted by molar-refractivity contribution is 4.57. The Hall–Kier alpha value is -0.0800. The number of hydrogen-bond donors (Lipinski definition) is 1. The first-order valence-electron chi connectivity index (χ1n) is 11.1. The third-order valence-electron chi connectivity index (χ3n) is 5.30. The molecule has 2 heteroatoms. The summed E-state index contributed by atoms with van der Waals surface area (Å²) in [6.45, 7) is 10.4. The second kappa shape index (κ2) is 19.2. The van der Waals surface area contributed by atoms with Crippen molar-refractivity contribution < 1.29 is 5.11 Å². The summed E-state index contributed by atoms with van der Waals surface area (Å²) in [5, 5.41) is 9.94. The molecule has 2 nitrogen and oxygen atoms in total. The predicted molar refractivity (Wildman–Crippen MR) is 109 cm³/mol. The fourth-order valence-corrected chi connectivity index (χ4v) is 3.44. The van der Waals surface area contributed by atoms with Gasteiger partial charge in [-0.3, -0.25) is 0 Å². The Kier molecular flexibility index (Phi) is 19.2. The molecular weight excluding hydrogens is 294 g/mol. The molecule has 0 aliphatic rings. The highest BCUT2D eigenvalue weighted by atomic mass is 16.3. The maximum atomic E-state index is 9.94. The van der Waals surface area contributed by atoms with E-state index in [1.165, 1.54) is 103 Å². The van der Waals surface area contributed by atoms with E-state index in [1.54, 1.807) is 0 Å². The quantitative estimate of drug-likeness (QED) is 0.269. The van der Waals surface area contributed by atoms with Crippen LogP contribution in [0, 0.1) is 0 Å². The summed E-state index contributed by atoms with van der Waals surface area (Å²) in [6, 6.07) is 0. The molecule has 0 aromatic heterocycles. The van der Waals surface area contributed by atoms with Gasteiger partial charge in [-0.1, -0.05) is 97.8 Å². The molecule has 0 saturated carbocycles. The summed E-state index contributed by atoms with van der Waals surface area (Å²) in [7, 11) is 0. The molecule has 0 heterocycles. The first-order valence-corrected chi connectivity index (χ1v) is 11.1. The van der Waals surface area contributed by atoms with Gasteiger partial charge in [0, 0.05) is 0 Å². The van der Waals surface area contributed by atoms with Crippen molar-refractivity contribution in [3.8, 4) is 0 Å². The Morgan fingerprint density at radius 1 is 0.583 bits per heavy atom. The minimum atomic E-state index is -0.0346. The van der Waals surface area contributed by atoms with E-state index in [-0.39, 0.29) is 6.10 Å². The number of unbranched alkanes of at least 4 members (excludes halogenated alkanes) is 11. The molecule has 0 spiro atoms. The van der Waals surface area contributed by atoms with Crippen LogP contribution in [-0.4, -0.2) is 35.7 Å². The fraction of sp³-hybridized carbons (Fsp3) is 1.00. The van der Waals surface area contributed by atoms with Crippen LogP contribution >= 0.6 is 0 Å². The molecular formula is C22H47NO. The second-order valence-electron chi connectivity index (χ2n) is 7.50. The van der Waals surface area contributed by atoms with Gasteiger partial charge in [0.15, 0.2) is 0 Å². The van der Waals surface area contributed by atoms with Crippen LogP contribution in [0.3, 0.4) is 0 Å². The molecule has 0 saturated heterocycles.